The van der Waals surface area contributed by atoms with Gasteiger partial charge in [-0.1, -0.05) is 24.3 Å². The first-order valence-electron chi connectivity index (χ1n) is 7.87. The Bertz CT molecular complexity index is 409. The lowest BCUT2D eigenvalue weighted by atomic mass is 9.91. The number of rotatable bonds is 7. The summed E-state index contributed by atoms with van der Waals surface area (Å²) in [6.45, 7) is 2.83. The summed E-state index contributed by atoms with van der Waals surface area (Å²) in [7, 11) is 0. The van der Waals surface area contributed by atoms with Crippen molar-refractivity contribution in [3.63, 3.8) is 0 Å². The minimum Gasteiger partial charge on any atom is -0.328 e. The van der Waals surface area contributed by atoms with E-state index in [1.807, 2.05) is 0 Å². The molecule has 0 saturated heterocycles. The molecule has 2 nitrogen and oxygen atoms in total. The van der Waals surface area contributed by atoms with E-state index >= 15 is 0 Å². The van der Waals surface area contributed by atoms with Gasteiger partial charge in [-0.05, 0) is 50.5 Å². The third-order valence-electron chi connectivity index (χ3n) is 4.44. The van der Waals surface area contributed by atoms with E-state index in [-0.39, 0.29) is 0 Å². The van der Waals surface area contributed by atoms with Crippen LogP contribution in [0, 0.1) is 5.92 Å². The first-order valence-corrected chi connectivity index (χ1v) is 7.87. The van der Waals surface area contributed by atoms with Gasteiger partial charge < -0.3 is 11.1 Å². The molecule has 2 fully saturated rings. The van der Waals surface area contributed by atoms with E-state index in [1.165, 1.54) is 12.2 Å². The second-order valence-corrected chi connectivity index (χ2v) is 6.22. The maximum atomic E-state index is 13.1. The average molecular weight is 296 g/mol. The van der Waals surface area contributed by atoms with Gasteiger partial charge in [-0.15, -0.1) is 0 Å². The van der Waals surface area contributed by atoms with E-state index in [9.17, 15) is 8.78 Å². The van der Waals surface area contributed by atoms with Crippen molar-refractivity contribution < 1.29 is 8.78 Å². The van der Waals surface area contributed by atoms with Crippen molar-refractivity contribution in [2.75, 3.05) is 6.67 Å². The van der Waals surface area contributed by atoms with E-state index in [0.717, 1.165) is 37.7 Å². The monoisotopic (exact) mass is 296 g/mol. The standard InChI is InChI=1S/C17H26F2N2/c1-12(19)10-13(4-2-3-9-18)16-11-17(16)21-15-7-5-14(20)6-8-15/h2-3,10,14-17,21H,1,4-9,11,20H2/b3-2-,13-10+. The van der Waals surface area contributed by atoms with Gasteiger partial charge in [0.1, 0.15) is 12.5 Å². The zero-order chi connectivity index (χ0) is 15.2. The molecule has 118 valence electrons. The molecule has 0 amide bonds. The van der Waals surface area contributed by atoms with Crippen molar-refractivity contribution in [2.45, 2.75) is 56.7 Å². The highest BCUT2D eigenvalue weighted by Gasteiger charge is 2.40. The fourth-order valence-corrected chi connectivity index (χ4v) is 3.18. The fraction of sp³-hybridized carbons (Fsp3) is 0.647. The topological polar surface area (TPSA) is 38.0 Å². The highest BCUT2D eigenvalue weighted by atomic mass is 19.1. The molecule has 3 N–H and O–H groups in total. The molecule has 0 heterocycles. The second-order valence-electron chi connectivity index (χ2n) is 6.22. The van der Waals surface area contributed by atoms with Gasteiger partial charge in [0.15, 0.2) is 0 Å². The van der Waals surface area contributed by atoms with Crippen LogP contribution in [0.4, 0.5) is 8.78 Å². The van der Waals surface area contributed by atoms with Gasteiger partial charge >= 0.3 is 0 Å². The van der Waals surface area contributed by atoms with Crippen LogP contribution < -0.4 is 11.1 Å². The Hall–Kier alpha value is -1.00. The summed E-state index contributed by atoms with van der Waals surface area (Å²) in [5, 5.41) is 3.66. The Labute approximate surface area is 126 Å². The van der Waals surface area contributed by atoms with Crippen molar-refractivity contribution in [2.24, 2.45) is 11.7 Å². The first kappa shape index (κ1) is 16.4. The van der Waals surface area contributed by atoms with Crippen molar-refractivity contribution in [3.8, 4) is 0 Å². The van der Waals surface area contributed by atoms with Crippen LogP contribution in [0.3, 0.4) is 0 Å². The largest absolute Gasteiger partial charge is 0.328 e. The van der Waals surface area contributed by atoms with E-state index in [1.54, 1.807) is 6.08 Å². The van der Waals surface area contributed by atoms with Crippen LogP contribution in [0.25, 0.3) is 0 Å². The van der Waals surface area contributed by atoms with Gasteiger partial charge in [0.25, 0.3) is 0 Å². The Morgan fingerprint density at radius 1 is 1.24 bits per heavy atom. The third-order valence-corrected chi connectivity index (χ3v) is 4.44. The summed E-state index contributed by atoms with van der Waals surface area (Å²) in [4.78, 5) is 0. The maximum Gasteiger partial charge on any atom is 0.116 e. The highest BCUT2D eigenvalue weighted by Crippen LogP contribution is 2.40. The maximum absolute atomic E-state index is 13.1. The number of hydrogen-bond acceptors (Lipinski definition) is 2. The van der Waals surface area contributed by atoms with Gasteiger partial charge in [0.2, 0.25) is 0 Å². The molecule has 2 aliphatic carbocycles. The molecule has 4 heteroatoms. The zero-order valence-electron chi connectivity index (χ0n) is 12.5. The minimum absolute atomic E-state index is 0.356. The first-order chi connectivity index (χ1) is 10.1. The van der Waals surface area contributed by atoms with Gasteiger partial charge in [-0.2, -0.15) is 0 Å². The molecule has 2 unspecified atom stereocenters. The van der Waals surface area contributed by atoms with Gasteiger partial charge in [0, 0.05) is 18.1 Å². The molecule has 2 saturated carbocycles. The smallest absolute Gasteiger partial charge is 0.116 e. The molecular weight excluding hydrogens is 270 g/mol. The molecule has 0 aliphatic heterocycles. The van der Waals surface area contributed by atoms with Crippen LogP contribution in [0.2, 0.25) is 0 Å². The summed E-state index contributed by atoms with van der Waals surface area (Å²) >= 11 is 0. The molecule has 2 rings (SSSR count). The van der Waals surface area contributed by atoms with Gasteiger partial charge in [-0.25, -0.2) is 8.78 Å². The van der Waals surface area contributed by atoms with Crippen LogP contribution in [0.5, 0.6) is 0 Å². The number of nitrogens with two attached hydrogens (primary N) is 1. The summed E-state index contributed by atoms with van der Waals surface area (Å²) in [6.07, 6.45) is 10.8. The minimum atomic E-state index is -0.474. The number of nitrogens with one attached hydrogen (secondary N) is 1. The Balaban J connectivity index is 1.83. The van der Waals surface area contributed by atoms with E-state index in [0.29, 0.717) is 30.5 Å². The highest BCUT2D eigenvalue weighted by molar-refractivity contribution is 5.27. The number of alkyl halides is 1. The lowest BCUT2D eigenvalue weighted by molar-refractivity contribution is 0.338. The predicted octanol–water partition coefficient (Wildman–Crippen LogP) is 3.56. The van der Waals surface area contributed by atoms with Gasteiger partial charge in [-0.3, -0.25) is 0 Å². The lowest BCUT2D eigenvalue weighted by Gasteiger charge is -2.27. The number of hydrogen-bond donors (Lipinski definition) is 2. The SMILES string of the molecule is C=C(F)/C=C(\C/C=C\CF)C1CC1NC1CCC(N)CC1. The van der Waals surface area contributed by atoms with Crippen LogP contribution in [-0.4, -0.2) is 24.8 Å². The van der Waals surface area contributed by atoms with Crippen LogP contribution in [0.15, 0.2) is 36.2 Å². The van der Waals surface area contributed by atoms with E-state index in [4.69, 9.17) is 5.73 Å². The number of halogens is 2. The van der Waals surface area contributed by atoms with Crippen molar-refractivity contribution in [3.05, 3.63) is 36.2 Å². The van der Waals surface area contributed by atoms with E-state index in [2.05, 4.69) is 11.9 Å². The van der Waals surface area contributed by atoms with Crippen molar-refractivity contribution in [1.82, 2.24) is 5.32 Å². The summed E-state index contributed by atoms with van der Waals surface area (Å²) in [5.41, 5.74) is 6.93. The molecule has 2 aliphatic rings. The second kappa shape index (κ2) is 7.85. The average Bonchev–Trinajstić information content (AvgIpc) is 3.19. The fourth-order valence-electron chi connectivity index (χ4n) is 3.18. The van der Waals surface area contributed by atoms with Crippen LogP contribution in [0.1, 0.15) is 38.5 Å². The third kappa shape index (κ3) is 5.36. The molecule has 0 radical (unpaired) electrons. The molecule has 0 aromatic heterocycles. The summed E-state index contributed by atoms with van der Waals surface area (Å²) in [5.74, 6) is -0.0645. The lowest BCUT2D eigenvalue weighted by Crippen LogP contribution is -2.38. The summed E-state index contributed by atoms with van der Waals surface area (Å²) < 4.78 is 25.2. The normalized spacial score (nSPS) is 33.4. The Kier molecular flexibility index (Phi) is 6.12. The zero-order valence-corrected chi connectivity index (χ0v) is 12.5. The molecular formula is C17H26F2N2. The summed E-state index contributed by atoms with van der Waals surface area (Å²) in [6, 6.07) is 1.32. The molecule has 0 spiro atoms. The molecule has 0 aromatic carbocycles. The Morgan fingerprint density at radius 3 is 2.57 bits per heavy atom. The van der Waals surface area contributed by atoms with Crippen LogP contribution in [-0.2, 0) is 0 Å². The molecule has 21 heavy (non-hydrogen) atoms. The predicted molar refractivity (Wildman–Crippen MR) is 83.3 cm³/mol. The quantitative estimate of drug-likeness (QED) is 0.557. The number of allylic oxidation sites excluding steroid dienone is 4. The van der Waals surface area contributed by atoms with Crippen molar-refractivity contribution in [1.29, 1.82) is 0 Å². The van der Waals surface area contributed by atoms with E-state index < -0.39 is 12.5 Å². The molecule has 0 aromatic rings. The van der Waals surface area contributed by atoms with Crippen LogP contribution >= 0.6 is 0 Å². The Morgan fingerprint density at radius 2 is 1.95 bits per heavy atom. The van der Waals surface area contributed by atoms with Gasteiger partial charge in [0.05, 0.1) is 0 Å². The molecule has 2 atom stereocenters. The van der Waals surface area contributed by atoms with Crippen molar-refractivity contribution >= 4 is 0 Å². The molecule has 0 bridgehead atoms.